The van der Waals surface area contributed by atoms with Gasteiger partial charge in [-0.05, 0) is 49.5 Å². The van der Waals surface area contributed by atoms with Crippen molar-refractivity contribution in [1.82, 2.24) is 9.88 Å². The Morgan fingerprint density at radius 2 is 2.26 bits per heavy atom. The molecule has 1 fully saturated rings. The molecule has 1 aromatic heterocycles. The highest BCUT2D eigenvalue weighted by atomic mass is 16.3. The molecule has 2 N–H and O–H groups in total. The summed E-state index contributed by atoms with van der Waals surface area (Å²) in [5, 5.41) is 0. The summed E-state index contributed by atoms with van der Waals surface area (Å²) >= 11 is 0. The van der Waals surface area contributed by atoms with Crippen LogP contribution >= 0.6 is 0 Å². The summed E-state index contributed by atoms with van der Waals surface area (Å²) < 4.78 is 5.34. The topological polar surface area (TPSA) is 55.3 Å². The molecule has 4 nitrogen and oxygen atoms in total. The Labute approximate surface area is 113 Å². The van der Waals surface area contributed by atoms with E-state index in [0.717, 1.165) is 30.7 Å². The molecule has 1 heterocycles. The third-order valence-electron chi connectivity index (χ3n) is 4.30. The molecule has 1 aliphatic rings. The van der Waals surface area contributed by atoms with Gasteiger partial charge in [0.15, 0.2) is 12.0 Å². The molecule has 2 aromatic rings. The number of oxazole rings is 1. The molecule has 0 atom stereocenters. The van der Waals surface area contributed by atoms with Gasteiger partial charge in [-0.15, -0.1) is 0 Å². The standard InChI is InChI=1S/C15H21N3O/c1-18(10-15(9-16)5-2-6-15)8-12-3-4-13-14(7-12)19-11-17-13/h3-4,7,11H,2,5-6,8-10,16H2,1H3. The summed E-state index contributed by atoms with van der Waals surface area (Å²) in [6.45, 7) is 2.81. The van der Waals surface area contributed by atoms with E-state index in [1.807, 2.05) is 6.07 Å². The molecular weight excluding hydrogens is 238 g/mol. The molecule has 0 amide bonds. The summed E-state index contributed by atoms with van der Waals surface area (Å²) in [6.07, 6.45) is 5.37. The van der Waals surface area contributed by atoms with Gasteiger partial charge in [-0.2, -0.15) is 0 Å². The van der Waals surface area contributed by atoms with Crippen molar-refractivity contribution in [3.63, 3.8) is 0 Å². The molecule has 102 valence electrons. The number of aromatic nitrogens is 1. The number of fused-ring (bicyclic) bond motifs is 1. The highest BCUT2D eigenvalue weighted by molar-refractivity contribution is 5.72. The van der Waals surface area contributed by atoms with E-state index >= 15 is 0 Å². The lowest BCUT2D eigenvalue weighted by Crippen LogP contribution is -2.45. The predicted molar refractivity (Wildman–Crippen MR) is 75.7 cm³/mol. The highest BCUT2D eigenvalue weighted by Crippen LogP contribution is 2.40. The van der Waals surface area contributed by atoms with Crippen LogP contribution in [0.4, 0.5) is 0 Å². The van der Waals surface area contributed by atoms with Gasteiger partial charge in [-0.3, -0.25) is 0 Å². The van der Waals surface area contributed by atoms with Crippen molar-refractivity contribution in [1.29, 1.82) is 0 Å². The minimum atomic E-state index is 0.366. The fraction of sp³-hybridized carbons (Fsp3) is 0.533. The third-order valence-corrected chi connectivity index (χ3v) is 4.30. The summed E-state index contributed by atoms with van der Waals surface area (Å²) in [5.41, 5.74) is 9.33. The highest BCUT2D eigenvalue weighted by Gasteiger charge is 2.36. The van der Waals surface area contributed by atoms with Crippen LogP contribution in [-0.4, -0.2) is 30.0 Å². The van der Waals surface area contributed by atoms with E-state index in [1.165, 1.54) is 31.2 Å². The normalized spacial score (nSPS) is 17.8. The van der Waals surface area contributed by atoms with E-state index in [1.54, 1.807) is 0 Å². The van der Waals surface area contributed by atoms with Gasteiger partial charge in [0, 0.05) is 13.1 Å². The molecule has 0 spiro atoms. The largest absolute Gasteiger partial charge is 0.443 e. The summed E-state index contributed by atoms with van der Waals surface area (Å²) in [5.74, 6) is 0. The minimum Gasteiger partial charge on any atom is -0.443 e. The Kier molecular flexibility index (Phi) is 3.29. The zero-order chi connectivity index (χ0) is 13.3. The maximum absolute atomic E-state index is 5.92. The molecule has 4 heteroatoms. The molecule has 0 aliphatic heterocycles. The predicted octanol–water partition coefficient (Wildman–Crippen LogP) is 2.39. The van der Waals surface area contributed by atoms with Crippen molar-refractivity contribution in [2.24, 2.45) is 11.1 Å². The molecular formula is C15H21N3O. The maximum atomic E-state index is 5.92. The quantitative estimate of drug-likeness (QED) is 0.895. The lowest BCUT2D eigenvalue weighted by atomic mass is 9.68. The number of benzene rings is 1. The number of rotatable bonds is 5. The number of hydrogen-bond donors (Lipinski definition) is 1. The smallest absolute Gasteiger partial charge is 0.181 e. The molecule has 0 saturated heterocycles. The van der Waals surface area contributed by atoms with E-state index in [2.05, 4.69) is 29.1 Å². The van der Waals surface area contributed by atoms with Crippen LogP contribution < -0.4 is 5.73 Å². The van der Waals surface area contributed by atoms with Crippen LogP contribution in [0.2, 0.25) is 0 Å². The third kappa shape index (κ3) is 2.51. The summed E-state index contributed by atoms with van der Waals surface area (Å²) in [4.78, 5) is 6.50. The van der Waals surface area contributed by atoms with Crippen molar-refractivity contribution in [3.05, 3.63) is 30.2 Å². The molecule has 1 aliphatic carbocycles. The van der Waals surface area contributed by atoms with Crippen molar-refractivity contribution in [2.75, 3.05) is 20.1 Å². The van der Waals surface area contributed by atoms with Crippen LogP contribution in [0, 0.1) is 5.41 Å². The second-order valence-electron chi connectivity index (χ2n) is 5.88. The Balaban J connectivity index is 1.66. The fourth-order valence-electron chi connectivity index (χ4n) is 3.04. The van der Waals surface area contributed by atoms with Gasteiger partial charge in [0.1, 0.15) is 5.52 Å². The van der Waals surface area contributed by atoms with Gasteiger partial charge in [-0.1, -0.05) is 12.5 Å². The first-order valence-electron chi connectivity index (χ1n) is 6.92. The average molecular weight is 259 g/mol. The van der Waals surface area contributed by atoms with Gasteiger partial charge >= 0.3 is 0 Å². The molecule has 0 radical (unpaired) electrons. The van der Waals surface area contributed by atoms with Crippen molar-refractivity contribution in [2.45, 2.75) is 25.8 Å². The summed E-state index contributed by atoms with van der Waals surface area (Å²) in [6, 6.07) is 6.22. The van der Waals surface area contributed by atoms with Crippen LogP contribution in [0.1, 0.15) is 24.8 Å². The Hall–Kier alpha value is -1.39. The Bertz CT molecular complexity index is 554. The van der Waals surface area contributed by atoms with E-state index in [9.17, 15) is 0 Å². The SMILES string of the molecule is CN(Cc1ccc2ncoc2c1)CC1(CN)CCC1. The number of nitrogens with zero attached hydrogens (tertiary/aromatic N) is 2. The maximum Gasteiger partial charge on any atom is 0.181 e. The number of nitrogens with two attached hydrogens (primary N) is 1. The average Bonchev–Trinajstić information content (AvgIpc) is 2.81. The molecule has 0 unspecified atom stereocenters. The van der Waals surface area contributed by atoms with E-state index in [0.29, 0.717) is 5.41 Å². The van der Waals surface area contributed by atoms with Crippen LogP contribution in [0.15, 0.2) is 29.0 Å². The first-order valence-corrected chi connectivity index (χ1v) is 6.92. The van der Waals surface area contributed by atoms with Crippen molar-refractivity contribution in [3.8, 4) is 0 Å². The van der Waals surface area contributed by atoms with Crippen LogP contribution in [-0.2, 0) is 6.54 Å². The van der Waals surface area contributed by atoms with Gasteiger partial charge in [0.2, 0.25) is 0 Å². The lowest BCUT2D eigenvalue weighted by Gasteiger charge is -2.43. The van der Waals surface area contributed by atoms with Gasteiger partial charge in [0.25, 0.3) is 0 Å². The molecule has 1 saturated carbocycles. The monoisotopic (exact) mass is 259 g/mol. The van der Waals surface area contributed by atoms with Gasteiger partial charge in [-0.25, -0.2) is 4.98 Å². The van der Waals surface area contributed by atoms with E-state index in [-0.39, 0.29) is 0 Å². The van der Waals surface area contributed by atoms with Gasteiger partial charge in [0.05, 0.1) is 0 Å². The first-order chi connectivity index (χ1) is 9.21. The Morgan fingerprint density at radius 1 is 1.42 bits per heavy atom. The van der Waals surface area contributed by atoms with Crippen molar-refractivity contribution < 1.29 is 4.42 Å². The first kappa shape index (κ1) is 12.6. The zero-order valence-corrected chi connectivity index (χ0v) is 11.4. The van der Waals surface area contributed by atoms with E-state index < -0.39 is 0 Å². The summed E-state index contributed by atoms with van der Waals surface area (Å²) in [7, 11) is 2.17. The zero-order valence-electron chi connectivity index (χ0n) is 11.4. The molecule has 19 heavy (non-hydrogen) atoms. The minimum absolute atomic E-state index is 0.366. The number of hydrogen-bond acceptors (Lipinski definition) is 4. The van der Waals surface area contributed by atoms with Crippen LogP contribution in [0.5, 0.6) is 0 Å². The van der Waals surface area contributed by atoms with Crippen LogP contribution in [0.25, 0.3) is 11.1 Å². The van der Waals surface area contributed by atoms with E-state index in [4.69, 9.17) is 10.2 Å². The fourth-order valence-corrected chi connectivity index (χ4v) is 3.04. The molecule has 0 bridgehead atoms. The van der Waals surface area contributed by atoms with Crippen molar-refractivity contribution >= 4 is 11.1 Å². The second kappa shape index (κ2) is 4.94. The molecule has 3 rings (SSSR count). The second-order valence-corrected chi connectivity index (χ2v) is 5.88. The molecule has 1 aromatic carbocycles. The Morgan fingerprint density at radius 3 is 2.95 bits per heavy atom. The lowest BCUT2D eigenvalue weighted by molar-refractivity contribution is 0.0845. The van der Waals surface area contributed by atoms with Gasteiger partial charge < -0.3 is 15.1 Å². The van der Waals surface area contributed by atoms with Crippen LogP contribution in [0.3, 0.4) is 0 Å².